The van der Waals surface area contributed by atoms with Crippen LogP contribution in [-0.4, -0.2) is 0 Å². The van der Waals surface area contributed by atoms with Gasteiger partial charge in [-0.15, -0.1) is 0 Å². The predicted octanol–water partition coefficient (Wildman–Crippen LogP) is 4.20. The van der Waals surface area contributed by atoms with Crippen LogP contribution in [0.1, 0.15) is 5.56 Å². The van der Waals surface area contributed by atoms with Crippen molar-refractivity contribution in [2.24, 2.45) is 0 Å². The lowest BCUT2D eigenvalue weighted by atomic mass is 10.0. The zero-order valence-electron chi connectivity index (χ0n) is 9.01. The minimum absolute atomic E-state index is 0.199. The number of benzene rings is 2. The lowest BCUT2D eigenvalue weighted by Crippen LogP contribution is -1.88. The number of rotatable bonds is 2. The van der Waals surface area contributed by atoms with E-state index in [1.54, 1.807) is 19.1 Å². The molecule has 2 aromatic rings. The van der Waals surface area contributed by atoms with E-state index in [2.05, 4.69) is 4.94 Å². The Balaban J connectivity index is 2.49. The summed E-state index contributed by atoms with van der Waals surface area (Å²) in [7, 11) is 0. The van der Waals surface area contributed by atoms with E-state index in [0.29, 0.717) is 11.1 Å². The molecule has 0 amide bonds. The van der Waals surface area contributed by atoms with Gasteiger partial charge in [0.15, 0.2) is 5.75 Å². The fraction of sp³-hybridized carbons (Fsp3) is 0.0769. The van der Waals surface area contributed by atoms with E-state index in [1.807, 2.05) is 0 Å². The molecule has 0 aliphatic carbocycles. The monoisotopic (exact) mass is 238 g/mol. The Bertz CT molecular complexity index is 552. The summed E-state index contributed by atoms with van der Waals surface area (Å²) in [4.78, 5) is 3.41. The van der Waals surface area contributed by atoms with Crippen molar-refractivity contribution in [1.29, 1.82) is 0 Å². The highest BCUT2D eigenvalue weighted by molar-refractivity contribution is 5.65. The Morgan fingerprint density at radius 2 is 1.71 bits per heavy atom. The molecule has 0 aliphatic rings. The van der Waals surface area contributed by atoms with Gasteiger partial charge in [-0.25, -0.2) is 8.78 Å². The molecule has 0 spiro atoms. The van der Waals surface area contributed by atoms with Crippen LogP contribution in [0.3, 0.4) is 0 Å². The smallest absolute Gasteiger partial charge is 0.174 e. The summed E-state index contributed by atoms with van der Waals surface area (Å²) in [5, 5.41) is 0. The van der Waals surface area contributed by atoms with Crippen LogP contribution in [0.2, 0.25) is 0 Å². The van der Waals surface area contributed by atoms with Gasteiger partial charge in [-0.1, -0.05) is 12.1 Å². The molecule has 0 bridgehead atoms. The quantitative estimate of drug-likeness (QED) is 0.761. The van der Waals surface area contributed by atoms with Crippen LogP contribution in [0.4, 0.5) is 13.3 Å². The van der Waals surface area contributed by atoms with E-state index >= 15 is 0 Å². The van der Waals surface area contributed by atoms with Gasteiger partial charge in [-0.3, -0.25) is 4.94 Å². The van der Waals surface area contributed by atoms with Crippen molar-refractivity contribution in [3.8, 4) is 16.9 Å². The first kappa shape index (κ1) is 11.5. The molecule has 0 atom stereocenters. The van der Waals surface area contributed by atoms with Crippen LogP contribution in [0.25, 0.3) is 11.1 Å². The van der Waals surface area contributed by atoms with E-state index in [-0.39, 0.29) is 11.3 Å². The van der Waals surface area contributed by atoms with Crippen molar-refractivity contribution in [2.75, 3.05) is 0 Å². The summed E-state index contributed by atoms with van der Waals surface area (Å²) in [6, 6.07) is 7.93. The van der Waals surface area contributed by atoms with Gasteiger partial charge in [0.2, 0.25) is 0 Å². The average molecular weight is 238 g/mol. The summed E-state index contributed by atoms with van der Waals surface area (Å²) >= 11 is 0. The van der Waals surface area contributed by atoms with Gasteiger partial charge in [-0.05, 0) is 36.2 Å². The molecule has 0 aliphatic heterocycles. The Hall–Kier alpha value is -1.97. The molecule has 0 N–H and O–H groups in total. The third kappa shape index (κ3) is 2.25. The summed E-state index contributed by atoms with van der Waals surface area (Å²) < 4.78 is 38.8. The third-order valence-electron chi connectivity index (χ3n) is 2.51. The van der Waals surface area contributed by atoms with Crippen molar-refractivity contribution < 1.29 is 18.2 Å². The molecule has 0 unspecified atom stereocenters. The Morgan fingerprint density at radius 3 is 2.29 bits per heavy atom. The zero-order valence-corrected chi connectivity index (χ0v) is 9.01. The Labute approximate surface area is 96.4 Å². The highest BCUT2D eigenvalue weighted by Gasteiger charge is 2.09. The number of hydrogen-bond acceptors (Lipinski definition) is 1. The van der Waals surface area contributed by atoms with Gasteiger partial charge >= 0.3 is 0 Å². The molecule has 0 saturated heterocycles. The van der Waals surface area contributed by atoms with E-state index in [0.717, 1.165) is 6.07 Å². The number of halogens is 3. The second-order valence-electron chi connectivity index (χ2n) is 3.68. The van der Waals surface area contributed by atoms with Gasteiger partial charge in [-0.2, -0.15) is 0 Å². The maximum Gasteiger partial charge on any atom is 0.174 e. The van der Waals surface area contributed by atoms with Gasteiger partial charge in [0.25, 0.3) is 0 Å². The molecule has 0 radical (unpaired) electrons. The van der Waals surface area contributed by atoms with Crippen LogP contribution in [0.15, 0.2) is 36.4 Å². The zero-order chi connectivity index (χ0) is 12.4. The van der Waals surface area contributed by atoms with Crippen molar-refractivity contribution in [3.63, 3.8) is 0 Å². The molecule has 0 fully saturated rings. The summed E-state index contributed by atoms with van der Waals surface area (Å²) in [6.45, 7) is 1.62. The third-order valence-corrected chi connectivity index (χ3v) is 2.51. The van der Waals surface area contributed by atoms with Crippen molar-refractivity contribution in [1.82, 2.24) is 0 Å². The topological polar surface area (TPSA) is 9.23 Å². The molecule has 17 heavy (non-hydrogen) atoms. The molecule has 0 saturated carbocycles. The van der Waals surface area contributed by atoms with E-state index in [4.69, 9.17) is 0 Å². The minimum Gasteiger partial charge on any atom is -0.294 e. The fourth-order valence-electron chi connectivity index (χ4n) is 1.54. The highest BCUT2D eigenvalue weighted by Crippen LogP contribution is 2.27. The SMILES string of the molecule is Cc1ccc(-c2ccc(OF)cc2F)cc1F. The lowest BCUT2D eigenvalue weighted by molar-refractivity contribution is -0.00652. The second-order valence-corrected chi connectivity index (χ2v) is 3.68. The van der Waals surface area contributed by atoms with Crippen molar-refractivity contribution in [3.05, 3.63) is 53.6 Å². The molecular formula is C13H9F3O. The first-order valence-corrected chi connectivity index (χ1v) is 4.96. The molecule has 4 heteroatoms. The van der Waals surface area contributed by atoms with Gasteiger partial charge in [0, 0.05) is 16.2 Å². The van der Waals surface area contributed by atoms with Crippen LogP contribution < -0.4 is 4.94 Å². The first-order valence-electron chi connectivity index (χ1n) is 4.96. The van der Waals surface area contributed by atoms with Crippen LogP contribution in [0.5, 0.6) is 5.75 Å². The molecule has 0 aromatic heterocycles. The standard InChI is InChI=1S/C13H9F3O/c1-8-2-3-9(6-12(8)14)11-5-4-10(17-16)7-13(11)15/h2-7H,1H3. The van der Waals surface area contributed by atoms with Crippen molar-refractivity contribution in [2.45, 2.75) is 6.92 Å². The number of hydrogen-bond donors (Lipinski definition) is 0. The molecule has 2 aromatic carbocycles. The van der Waals surface area contributed by atoms with Crippen molar-refractivity contribution >= 4 is 0 Å². The molecule has 88 valence electrons. The van der Waals surface area contributed by atoms with E-state index < -0.39 is 11.6 Å². The van der Waals surface area contributed by atoms with Crippen LogP contribution in [0, 0.1) is 18.6 Å². The van der Waals surface area contributed by atoms with E-state index in [9.17, 15) is 13.3 Å². The van der Waals surface area contributed by atoms with Gasteiger partial charge in [0.1, 0.15) is 11.6 Å². The molecular weight excluding hydrogens is 229 g/mol. The first-order chi connectivity index (χ1) is 8.11. The summed E-state index contributed by atoms with van der Waals surface area (Å²) in [5.74, 6) is -1.30. The molecule has 2 rings (SSSR count). The lowest BCUT2D eigenvalue weighted by Gasteiger charge is -2.05. The fourth-order valence-corrected chi connectivity index (χ4v) is 1.54. The minimum atomic E-state index is -0.664. The number of aryl methyl sites for hydroxylation is 1. The van der Waals surface area contributed by atoms with Crippen LogP contribution in [-0.2, 0) is 0 Å². The van der Waals surface area contributed by atoms with E-state index in [1.165, 1.54) is 18.2 Å². The summed E-state index contributed by atoms with van der Waals surface area (Å²) in [6.07, 6.45) is 0. The Morgan fingerprint density at radius 1 is 0.941 bits per heavy atom. The van der Waals surface area contributed by atoms with Gasteiger partial charge < -0.3 is 0 Å². The predicted molar refractivity (Wildman–Crippen MR) is 58.3 cm³/mol. The molecule has 0 heterocycles. The largest absolute Gasteiger partial charge is 0.294 e. The second kappa shape index (κ2) is 4.49. The maximum atomic E-state index is 13.6. The maximum absolute atomic E-state index is 13.6. The average Bonchev–Trinajstić information content (AvgIpc) is 2.32. The van der Waals surface area contributed by atoms with Crippen LogP contribution >= 0.6 is 0 Å². The normalized spacial score (nSPS) is 10.4. The highest BCUT2D eigenvalue weighted by atomic mass is 19.3. The molecule has 1 nitrogen and oxygen atoms in total. The Kier molecular flexibility index (Phi) is 3.04. The summed E-state index contributed by atoms with van der Waals surface area (Å²) in [5.41, 5.74) is 1.08. The van der Waals surface area contributed by atoms with Gasteiger partial charge in [0.05, 0.1) is 0 Å².